The summed E-state index contributed by atoms with van der Waals surface area (Å²) in [6.45, 7) is 5.10. The van der Waals surface area contributed by atoms with E-state index in [1.165, 1.54) is 0 Å². The summed E-state index contributed by atoms with van der Waals surface area (Å²) >= 11 is 6.91. The van der Waals surface area contributed by atoms with Gasteiger partial charge in [0.15, 0.2) is 5.82 Å². The number of rotatable bonds is 9. The van der Waals surface area contributed by atoms with Crippen LogP contribution in [0.15, 0.2) is 48.7 Å². The maximum absolute atomic E-state index is 13.5. The highest BCUT2D eigenvalue weighted by Crippen LogP contribution is 2.38. The van der Waals surface area contributed by atoms with Crippen molar-refractivity contribution in [2.45, 2.75) is 39.2 Å². The Balaban J connectivity index is 1.21. The van der Waals surface area contributed by atoms with Crippen molar-refractivity contribution < 1.29 is 18.7 Å². The van der Waals surface area contributed by atoms with E-state index in [2.05, 4.69) is 25.5 Å². The normalized spacial score (nSPS) is 15.3. The molecule has 2 amide bonds. The zero-order valence-electron chi connectivity index (χ0n) is 26.4. The highest BCUT2D eigenvalue weighted by atomic mass is 35.5. The van der Waals surface area contributed by atoms with Gasteiger partial charge < -0.3 is 24.8 Å². The summed E-state index contributed by atoms with van der Waals surface area (Å²) in [5, 5.41) is 6.33. The van der Waals surface area contributed by atoms with E-state index in [1.807, 2.05) is 66.9 Å². The van der Waals surface area contributed by atoms with Gasteiger partial charge in [-0.1, -0.05) is 35.9 Å². The first-order valence-electron chi connectivity index (χ1n) is 15.2. The van der Waals surface area contributed by atoms with Crippen molar-refractivity contribution in [1.82, 2.24) is 24.3 Å². The molecule has 2 N–H and O–H groups in total. The Morgan fingerprint density at radius 1 is 1.07 bits per heavy atom. The minimum atomic E-state index is -0.786. The number of carbonyl (C=O) groups excluding carboxylic acids is 2. The van der Waals surface area contributed by atoms with Gasteiger partial charge >= 0.3 is 0 Å². The van der Waals surface area contributed by atoms with Gasteiger partial charge in [0.1, 0.15) is 11.9 Å². The second kappa shape index (κ2) is 13.3. The molecule has 0 aliphatic carbocycles. The number of amides is 2. The van der Waals surface area contributed by atoms with Crippen LogP contribution in [-0.2, 0) is 37.9 Å². The molecule has 10 nitrogen and oxygen atoms in total. The lowest BCUT2D eigenvalue weighted by Crippen LogP contribution is -2.47. The molecule has 2 aromatic carbocycles. The molecule has 46 heavy (non-hydrogen) atoms. The molecule has 2 aliphatic heterocycles. The summed E-state index contributed by atoms with van der Waals surface area (Å²) in [7, 11) is 5.47. The summed E-state index contributed by atoms with van der Waals surface area (Å²) < 4.78 is 20.5. The van der Waals surface area contributed by atoms with E-state index in [1.54, 1.807) is 19.4 Å². The topological polar surface area (TPSA) is 105 Å². The van der Waals surface area contributed by atoms with Crippen molar-refractivity contribution in [3.05, 3.63) is 93.3 Å². The molecule has 0 unspecified atom stereocenters. The monoisotopic (exact) mass is 645 g/mol. The molecule has 0 radical (unpaired) electrons. The van der Waals surface area contributed by atoms with Gasteiger partial charge in [-0.15, -0.1) is 0 Å². The number of halogens is 2. The molecule has 6 rings (SSSR count). The van der Waals surface area contributed by atoms with Crippen molar-refractivity contribution in [2.75, 3.05) is 44.4 Å². The predicted octanol–water partition coefficient (Wildman–Crippen LogP) is 5.24. The number of hydrogen-bond acceptors (Lipinski definition) is 7. The van der Waals surface area contributed by atoms with E-state index in [-0.39, 0.29) is 24.1 Å². The second-order valence-corrected chi connectivity index (χ2v) is 12.4. The van der Waals surface area contributed by atoms with E-state index in [4.69, 9.17) is 16.3 Å². The first kappa shape index (κ1) is 31.8. The Kier molecular flexibility index (Phi) is 9.19. The van der Waals surface area contributed by atoms with Crippen LogP contribution in [0, 0.1) is 6.92 Å². The largest absolute Gasteiger partial charge is 0.380 e. The third-order valence-corrected chi connectivity index (χ3v) is 9.03. The number of methoxy groups -OCH3 is 1. The molecule has 4 heterocycles. The number of benzene rings is 2. The number of carbonyl (C=O) groups is 2. The molecular weight excluding hydrogens is 609 g/mol. The highest BCUT2D eigenvalue weighted by Gasteiger charge is 2.27. The minimum absolute atomic E-state index is 0.209. The molecule has 0 atom stereocenters. The molecule has 1 saturated heterocycles. The van der Waals surface area contributed by atoms with Crippen molar-refractivity contribution >= 4 is 34.8 Å². The molecule has 2 aromatic heterocycles. The third kappa shape index (κ3) is 6.41. The number of nitrogens with one attached hydrogen (secondary N) is 2. The molecule has 0 saturated carbocycles. The molecular formula is C34H37ClFN7O3. The van der Waals surface area contributed by atoms with Crippen LogP contribution in [0.25, 0.3) is 11.1 Å². The first-order chi connectivity index (χ1) is 22.1. The SMILES string of the molecule is COCc1cc(CN2CC(F)C2)cnc1C(=O)Nc1cccc(-c2cccc(NC(=O)c3nc4c(n3C)CCN(C)C4)c2Cl)c1C. The standard InChI is InChI=1S/C34H37ClFN7O3/c1-20-24(25-8-6-10-27(30(25)35)40-34(45)32-38-28-18-41(2)12-11-29(28)42(32)3)7-5-9-26(20)39-33(44)31-22(19-46-4)13-21(14-37-31)15-43-16-23(36)17-43/h5-10,13-14,23H,11-12,15-19H2,1-4H3,(H,39,44)(H,40,45). The second-order valence-electron chi connectivity index (χ2n) is 12.0. The van der Waals surface area contributed by atoms with Gasteiger partial charge in [0.25, 0.3) is 11.8 Å². The third-order valence-electron chi connectivity index (χ3n) is 8.63. The summed E-state index contributed by atoms with van der Waals surface area (Å²) in [6.07, 6.45) is 1.70. The fraction of sp³-hybridized carbons (Fsp3) is 0.353. The van der Waals surface area contributed by atoms with Gasteiger partial charge in [0.05, 0.1) is 23.0 Å². The number of ether oxygens (including phenoxy) is 1. The molecule has 12 heteroatoms. The summed E-state index contributed by atoms with van der Waals surface area (Å²) in [4.78, 5) is 40.1. The van der Waals surface area contributed by atoms with Gasteiger partial charge in [-0.3, -0.25) is 19.5 Å². The van der Waals surface area contributed by atoms with Crippen LogP contribution in [0.2, 0.25) is 5.02 Å². The highest BCUT2D eigenvalue weighted by molar-refractivity contribution is 6.36. The number of pyridine rings is 1. The lowest BCUT2D eigenvalue weighted by atomic mass is 9.98. The molecule has 240 valence electrons. The lowest BCUT2D eigenvalue weighted by Gasteiger charge is -2.34. The van der Waals surface area contributed by atoms with Crippen LogP contribution in [-0.4, -0.2) is 76.1 Å². The fourth-order valence-corrected chi connectivity index (χ4v) is 6.41. The van der Waals surface area contributed by atoms with Gasteiger partial charge in [-0.2, -0.15) is 0 Å². The van der Waals surface area contributed by atoms with E-state index in [0.29, 0.717) is 59.5 Å². The van der Waals surface area contributed by atoms with E-state index in [9.17, 15) is 14.0 Å². The van der Waals surface area contributed by atoms with Gasteiger partial charge in [0, 0.05) is 82.0 Å². The number of hydrogen-bond donors (Lipinski definition) is 2. The first-order valence-corrected chi connectivity index (χ1v) is 15.6. The van der Waals surface area contributed by atoms with Crippen LogP contribution < -0.4 is 10.6 Å². The van der Waals surface area contributed by atoms with Crippen LogP contribution >= 0.6 is 11.6 Å². The predicted molar refractivity (Wildman–Crippen MR) is 176 cm³/mol. The maximum Gasteiger partial charge on any atom is 0.291 e. The van der Waals surface area contributed by atoms with Crippen LogP contribution in [0.1, 0.15) is 49.2 Å². The molecule has 1 fully saturated rings. The smallest absolute Gasteiger partial charge is 0.291 e. The van der Waals surface area contributed by atoms with Crippen molar-refractivity contribution in [3.63, 3.8) is 0 Å². The number of aromatic nitrogens is 3. The average Bonchev–Trinajstić information content (AvgIpc) is 3.34. The van der Waals surface area contributed by atoms with Crippen molar-refractivity contribution in [3.8, 4) is 11.1 Å². The van der Waals surface area contributed by atoms with E-state index < -0.39 is 6.17 Å². The summed E-state index contributed by atoms with van der Waals surface area (Å²) in [6, 6.07) is 12.9. The number of fused-ring (bicyclic) bond motifs is 1. The maximum atomic E-state index is 13.5. The Morgan fingerprint density at radius 3 is 2.52 bits per heavy atom. The number of imidazole rings is 1. The Bertz CT molecular complexity index is 1800. The van der Waals surface area contributed by atoms with Gasteiger partial charge in [-0.25, -0.2) is 9.37 Å². The van der Waals surface area contributed by atoms with Crippen LogP contribution in [0.5, 0.6) is 0 Å². The number of alkyl halides is 1. The van der Waals surface area contributed by atoms with E-state index in [0.717, 1.165) is 41.0 Å². The quantitative estimate of drug-likeness (QED) is 0.257. The van der Waals surface area contributed by atoms with E-state index >= 15 is 0 Å². The summed E-state index contributed by atoms with van der Waals surface area (Å²) in [5.41, 5.74) is 7.15. The Morgan fingerprint density at radius 2 is 1.78 bits per heavy atom. The van der Waals surface area contributed by atoms with Crippen molar-refractivity contribution in [2.24, 2.45) is 7.05 Å². The minimum Gasteiger partial charge on any atom is -0.380 e. The van der Waals surface area contributed by atoms with Crippen molar-refractivity contribution in [1.29, 1.82) is 0 Å². The average molecular weight is 646 g/mol. The Hall–Kier alpha value is -4.16. The lowest BCUT2D eigenvalue weighted by molar-refractivity contribution is 0.0589. The summed E-state index contributed by atoms with van der Waals surface area (Å²) in [5.74, 6) is -0.369. The zero-order chi connectivity index (χ0) is 32.5. The van der Waals surface area contributed by atoms with Crippen LogP contribution in [0.4, 0.5) is 15.8 Å². The molecule has 0 spiro atoms. The Labute approximate surface area is 272 Å². The number of anilines is 2. The van der Waals surface area contributed by atoms with Gasteiger partial charge in [-0.05, 0) is 48.9 Å². The molecule has 4 aromatic rings. The zero-order valence-corrected chi connectivity index (χ0v) is 27.1. The van der Waals surface area contributed by atoms with Gasteiger partial charge in [0.2, 0.25) is 0 Å². The molecule has 0 bridgehead atoms. The number of nitrogens with zero attached hydrogens (tertiary/aromatic N) is 5. The number of likely N-dealkylation sites (tertiary alicyclic amines) is 1. The number of likely N-dealkylation sites (N-methyl/N-ethyl adjacent to an activating group) is 1. The molecule has 2 aliphatic rings. The van der Waals surface area contributed by atoms with Crippen LogP contribution in [0.3, 0.4) is 0 Å². The fourth-order valence-electron chi connectivity index (χ4n) is 6.13.